The summed E-state index contributed by atoms with van der Waals surface area (Å²) >= 11 is 0. The van der Waals surface area contributed by atoms with Crippen LogP contribution in [0.1, 0.15) is 96.0 Å². The molecule has 6 rings (SSSR count). The third-order valence-electron chi connectivity index (χ3n) is 8.75. The molecular weight excluding hydrogens is 472 g/mol. The van der Waals surface area contributed by atoms with Crippen LogP contribution >= 0.6 is 0 Å². The van der Waals surface area contributed by atoms with E-state index in [2.05, 4.69) is 19.1 Å². The van der Waals surface area contributed by atoms with E-state index in [9.17, 15) is 0 Å². The maximum Gasteiger partial charge on any atom is 0.190 e. The molecule has 0 aromatic heterocycles. The Kier molecular flexibility index (Phi) is 8.08. The van der Waals surface area contributed by atoms with Crippen LogP contribution in [0, 0.1) is 0 Å². The number of fused-ring (bicyclic) bond motifs is 1. The smallest absolute Gasteiger partial charge is 0.190 e. The average Bonchev–Trinajstić information content (AvgIpc) is 3.58. The lowest BCUT2D eigenvalue weighted by atomic mass is 9.94. The maximum absolute atomic E-state index is 6.64. The summed E-state index contributed by atoms with van der Waals surface area (Å²) in [5.41, 5.74) is 1.10. The van der Waals surface area contributed by atoms with Gasteiger partial charge in [0.15, 0.2) is 17.9 Å². The van der Waals surface area contributed by atoms with E-state index >= 15 is 0 Å². The minimum Gasteiger partial charge on any atom is -0.494 e. The lowest BCUT2D eigenvalue weighted by molar-refractivity contribution is -0.263. The number of benzene rings is 1. The van der Waals surface area contributed by atoms with Gasteiger partial charge >= 0.3 is 0 Å². The fourth-order valence-electron chi connectivity index (χ4n) is 6.68. The molecule has 37 heavy (non-hydrogen) atoms. The molecule has 1 aromatic rings. The minimum absolute atomic E-state index is 0.179. The molecule has 7 heteroatoms. The normalized spacial score (nSPS) is 34.2. The standard InChI is InChI=1S/C30H44O7/c1-2-3-10-19-31-23-13-11-22(12-14-23)20-32-26-25(24-21-33-29(35-24)15-6-4-7-16-29)34-28-27(26)36-30(37-28)17-8-5-9-18-30/h11-14,24-28H,2-10,15-21H2,1H3. The molecule has 2 spiro atoms. The van der Waals surface area contributed by atoms with E-state index in [0.717, 1.165) is 75.7 Å². The maximum atomic E-state index is 6.64. The molecule has 5 aliphatic rings. The van der Waals surface area contributed by atoms with Crippen molar-refractivity contribution in [3.8, 4) is 5.75 Å². The van der Waals surface area contributed by atoms with E-state index in [1.165, 1.54) is 25.7 Å². The van der Waals surface area contributed by atoms with Crippen molar-refractivity contribution >= 4 is 0 Å². The molecule has 3 heterocycles. The van der Waals surface area contributed by atoms with Crippen molar-refractivity contribution in [2.24, 2.45) is 0 Å². The highest BCUT2D eigenvalue weighted by atomic mass is 16.9. The van der Waals surface area contributed by atoms with Gasteiger partial charge < -0.3 is 33.2 Å². The number of unbranched alkanes of at least 4 members (excludes halogenated alkanes) is 2. The lowest BCUT2D eigenvalue weighted by Crippen LogP contribution is -2.45. The van der Waals surface area contributed by atoms with Crippen molar-refractivity contribution in [2.45, 2.75) is 139 Å². The van der Waals surface area contributed by atoms with Gasteiger partial charge in [-0.2, -0.15) is 0 Å². The zero-order valence-electron chi connectivity index (χ0n) is 22.4. The molecule has 5 fully saturated rings. The Hall–Kier alpha value is -1.22. The highest BCUT2D eigenvalue weighted by molar-refractivity contribution is 5.27. The van der Waals surface area contributed by atoms with Gasteiger partial charge in [-0.15, -0.1) is 0 Å². The van der Waals surface area contributed by atoms with Gasteiger partial charge in [-0.05, 0) is 49.8 Å². The van der Waals surface area contributed by atoms with Gasteiger partial charge in [0.2, 0.25) is 0 Å². The molecule has 2 aliphatic carbocycles. The summed E-state index contributed by atoms with van der Waals surface area (Å²) in [4.78, 5) is 0. The first kappa shape index (κ1) is 26.0. The summed E-state index contributed by atoms with van der Waals surface area (Å²) in [7, 11) is 0. The molecule has 5 unspecified atom stereocenters. The quantitative estimate of drug-likeness (QED) is 0.372. The Morgan fingerprint density at radius 3 is 2.27 bits per heavy atom. The first-order valence-electron chi connectivity index (χ1n) is 14.8. The zero-order chi connectivity index (χ0) is 25.1. The van der Waals surface area contributed by atoms with Gasteiger partial charge in [0.1, 0.15) is 30.2 Å². The van der Waals surface area contributed by atoms with E-state index in [4.69, 9.17) is 33.2 Å². The number of ether oxygens (including phenoxy) is 7. The molecule has 3 saturated heterocycles. The fourth-order valence-corrected chi connectivity index (χ4v) is 6.68. The van der Waals surface area contributed by atoms with Crippen molar-refractivity contribution in [1.29, 1.82) is 0 Å². The number of hydrogen-bond donors (Lipinski definition) is 0. The van der Waals surface area contributed by atoms with E-state index in [1.54, 1.807) is 0 Å². The predicted octanol–water partition coefficient (Wildman–Crippen LogP) is 6.02. The SMILES string of the molecule is CCCCCOc1ccc(COC2C(C3COC4(CCCCC4)O3)OC3OC4(CCCCC4)OC32)cc1. The summed E-state index contributed by atoms with van der Waals surface area (Å²) in [6.07, 6.45) is 12.9. The van der Waals surface area contributed by atoms with Crippen molar-refractivity contribution in [1.82, 2.24) is 0 Å². The summed E-state index contributed by atoms with van der Waals surface area (Å²) in [5.74, 6) is -0.0643. The number of rotatable bonds is 9. The predicted molar refractivity (Wildman–Crippen MR) is 137 cm³/mol. The van der Waals surface area contributed by atoms with Crippen molar-refractivity contribution < 1.29 is 33.2 Å². The van der Waals surface area contributed by atoms with Crippen LogP contribution in [0.25, 0.3) is 0 Å². The molecule has 5 atom stereocenters. The monoisotopic (exact) mass is 516 g/mol. The molecule has 3 aliphatic heterocycles. The molecule has 0 amide bonds. The molecule has 0 radical (unpaired) electrons. The Morgan fingerprint density at radius 2 is 1.54 bits per heavy atom. The Balaban J connectivity index is 1.11. The zero-order valence-corrected chi connectivity index (χ0v) is 22.4. The molecular formula is C30H44O7. The highest BCUT2D eigenvalue weighted by Gasteiger charge is 2.61. The lowest BCUT2D eigenvalue weighted by Gasteiger charge is -2.35. The van der Waals surface area contributed by atoms with Gasteiger partial charge in [-0.25, -0.2) is 0 Å². The van der Waals surface area contributed by atoms with E-state index in [-0.39, 0.29) is 24.4 Å². The summed E-state index contributed by atoms with van der Waals surface area (Å²) < 4.78 is 44.9. The van der Waals surface area contributed by atoms with Crippen LogP contribution in [0.3, 0.4) is 0 Å². The van der Waals surface area contributed by atoms with Crippen LogP contribution in [0.2, 0.25) is 0 Å². The van der Waals surface area contributed by atoms with Gasteiger partial charge in [0.25, 0.3) is 0 Å². The fraction of sp³-hybridized carbons (Fsp3) is 0.800. The first-order valence-corrected chi connectivity index (χ1v) is 14.8. The largest absolute Gasteiger partial charge is 0.494 e. The van der Waals surface area contributed by atoms with E-state index < -0.39 is 17.9 Å². The van der Waals surface area contributed by atoms with E-state index in [0.29, 0.717) is 13.2 Å². The van der Waals surface area contributed by atoms with Crippen molar-refractivity contribution in [3.05, 3.63) is 29.8 Å². The Morgan fingerprint density at radius 1 is 0.811 bits per heavy atom. The highest BCUT2D eigenvalue weighted by Crippen LogP contribution is 2.48. The number of hydrogen-bond acceptors (Lipinski definition) is 7. The van der Waals surface area contributed by atoms with Crippen LogP contribution in [0.4, 0.5) is 0 Å². The van der Waals surface area contributed by atoms with Gasteiger partial charge in [-0.1, -0.05) is 44.7 Å². The van der Waals surface area contributed by atoms with Crippen LogP contribution in [-0.2, 0) is 35.0 Å². The van der Waals surface area contributed by atoms with Crippen molar-refractivity contribution in [2.75, 3.05) is 13.2 Å². The second kappa shape index (κ2) is 11.5. The van der Waals surface area contributed by atoms with E-state index in [1.807, 2.05) is 12.1 Å². The van der Waals surface area contributed by atoms with Crippen LogP contribution < -0.4 is 4.74 Å². The topological polar surface area (TPSA) is 64.6 Å². The Labute approximate surface area is 221 Å². The summed E-state index contributed by atoms with van der Waals surface area (Å²) in [6, 6.07) is 8.22. The Bertz CT molecular complexity index is 861. The molecule has 1 aromatic carbocycles. The molecule has 2 saturated carbocycles. The average molecular weight is 517 g/mol. The summed E-state index contributed by atoms with van der Waals surface area (Å²) in [6.45, 7) is 3.96. The third kappa shape index (κ3) is 5.73. The second-order valence-electron chi connectivity index (χ2n) is 11.6. The third-order valence-corrected chi connectivity index (χ3v) is 8.75. The molecule has 0 N–H and O–H groups in total. The van der Waals surface area contributed by atoms with Crippen LogP contribution in [0.15, 0.2) is 24.3 Å². The minimum atomic E-state index is -0.519. The molecule has 0 bridgehead atoms. The van der Waals surface area contributed by atoms with Crippen molar-refractivity contribution in [3.63, 3.8) is 0 Å². The summed E-state index contributed by atoms with van der Waals surface area (Å²) in [5, 5.41) is 0. The molecule has 7 nitrogen and oxygen atoms in total. The van der Waals surface area contributed by atoms with Gasteiger partial charge in [0, 0.05) is 25.7 Å². The van der Waals surface area contributed by atoms with Crippen LogP contribution in [-0.4, -0.2) is 55.5 Å². The second-order valence-corrected chi connectivity index (χ2v) is 11.6. The van der Waals surface area contributed by atoms with Gasteiger partial charge in [-0.3, -0.25) is 0 Å². The van der Waals surface area contributed by atoms with Crippen LogP contribution in [0.5, 0.6) is 5.75 Å². The first-order chi connectivity index (χ1) is 18.2. The van der Waals surface area contributed by atoms with Gasteiger partial charge in [0.05, 0.1) is 19.8 Å². The molecule has 206 valence electrons.